The van der Waals surface area contributed by atoms with Gasteiger partial charge in [0.2, 0.25) is 10.0 Å². The minimum Gasteiger partial charge on any atom is -0.393 e. The smallest absolute Gasteiger partial charge is 0.243 e. The average molecular weight is 286 g/mol. The molecule has 0 aromatic heterocycles. The van der Waals surface area contributed by atoms with Crippen molar-refractivity contribution in [1.82, 2.24) is 4.31 Å². The third-order valence-corrected chi connectivity index (χ3v) is 4.97. The number of benzene rings is 1. The zero-order valence-electron chi connectivity index (χ0n) is 10.8. The Morgan fingerprint density at radius 3 is 2.33 bits per heavy atom. The Labute approximate surface area is 114 Å². The van der Waals surface area contributed by atoms with Crippen molar-refractivity contribution in [3.05, 3.63) is 29.8 Å². The summed E-state index contributed by atoms with van der Waals surface area (Å²) in [4.78, 5) is 0.596. The van der Waals surface area contributed by atoms with E-state index in [0.717, 1.165) is 5.56 Å². The fraction of sp³-hybridized carbons (Fsp3) is 0.417. The molecule has 0 aliphatic heterocycles. The molecule has 4 nitrogen and oxygen atoms in total. The maximum absolute atomic E-state index is 12.3. The van der Waals surface area contributed by atoms with Crippen molar-refractivity contribution in [3.8, 4) is 0 Å². The fourth-order valence-corrected chi connectivity index (χ4v) is 3.14. The molecule has 2 N–H and O–H groups in total. The average Bonchev–Trinajstić information content (AvgIpc) is 2.27. The van der Waals surface area contributed by atoms with Gasteiger partial charge in [-0.2, -0.15) is 4.31 Å². The molecule has 100 valence electrons. The van der Waals surface area contributed by atoms with Crippen molar-refractivity contribution >= 4 is 27.2 Å². The van der Waals surface area contributed by atoms with Gasteiger partial charge >= 0.3 is 0 Å². The number of rotatable bonds is 5. The summed E-state index contributed by atoms with van der Waals surface area (Å²) in [5.41, 5.74) is 6.46. The van der Waals surface area contributed by atoms with Crippen LogP contribution in [0.15, 0.2) is 29.2 Å². The summed E-state index contributed by atoms with van der Waals surface area (Å²) in [5, 5.41) is 0. The van der Waals surface area contributed by atoms with Crippen LogP contribution in [0.25, 0.3) is 0 Å². The van der Waals surface area contributed by atoms with Crippen LogP contribution in [0, 0.1) is 6.92 Å². The molecular weight excluding hydrogens is 268 g/mol. The third-order valence-electron chi connectivity index (χ3n) is 2.82. The number of sulfonamides is 1. The summed E-state index contributed by atoms with van der Waals surface area (Å²) in [6, 6.07) is 6.51. The van der Waals surface area contributed by atoms with E-state index in [1.54, 1.807) is 31.2 Å². The van der Waals surface area contributed by atoms with Crippen LogP contribution in [-0.4, -0.2) is 30.8 Å². The van der Waals surface area contributed by atoms with Crippen LogP contribution in [0.2, 0.25) is 0 Å². The molecule has 1 aromatic carbocycles. The first kappa shape index (κ1) is 15.1. The molecule has 1 rings (SSSR count). The highest BCUT2D eigenvalue weighted by atomic mass is 32.2. The second kappa shape index (κ2) is 5.77. The molecule has 0 saturated carbocycles. The van der Waals surface area contributed by atoms with Crippen molar-refractivity contribution in [3.63, 3.8) is 0 Å². The van der Waals surface area contributed by atoms with E-state index in [-0.39, 0.29) is 10.9 Å². The van der Waals surface area contributed by atoms with Gasteiger partial charge in [0, 0.05) is 19.5 Å². The summed E-state index contributed by atoms with van der Waals surface area (Å²) >= 11 is 4.80. The molecule has 0 aliphatic carbocycles. The Kier molecular flexibility index (Phi) is 4.84. The molecule has 1 aromatic rings. The van der Waals surface area contributed by atoms with E-state index in [9.17, 15) is 8.42 Å². The number of hydrogen-bond acceptors (Lipinski definition) is 3. The number of aryl methyl sites for hydroxylation is 1. The van der Waals surface area contributed by atoms with Crippen molar-refractivity contribution in [2.24, 2.45) is 5.73 Å². The normalized spacial score (nSPS) is 13.6. The number of nitrogens with zero attached hydrogens (tertiary/aromatic N) is 1. The summed E-state index contributed by atoms with van der Waals surface area (Å²) in [6.45, 7) is 3.69. The van der Waals surface area contributed by atoms with Gasteiger partial charge in [-0.1, -0.05) is 29.9 Å². The maximum atomic E-state index is 12.3. The highest BCUT2D eigenvalue weighted by molar-refractivity contribution is 7.89. The van der Waals surface area contributed by atoms with E-state index in [1.165, 1.54) is 11.4 Å². The highest BCUT2D eigenvalue weighted by Crippen LogP contribution is 2.18. The second-order valence-corrected chi connectivity index (χ2v) is 6.88. The van der Waals surface area contributed by atoms with Gasteiger partial charge in [0.05, 0.1) is 9.88 Å². The van der Waals surface area contributed by atoms with E-state index in [1.807, 2.05) is 6.92 Å². The molecular formula is C12H18N2O2S2. The lowest BCUT2D eigenvalue weighted by Crippen LogP contribution is -2.37. The Bertz CT molecular complexity index is 524. The molecule has 6 heteroatoms. The second-order valence-electron chi connectivity index (χ2n) is 4.35. The zero-order valence-corrected chi connectivity index (χ0v) is 12.4. The Hall–Kier alpha value is -0.980. The SMILES string of the molecule is Cc1ccc(S(=O)(=O)N(C)C(C)CC(N)=S)cc1. The largest absolute Gasteiger partial charge is 0.393 e. The number of thiocarbonyl (C=S) groups is 1. The molecule has 0 heterocycles. The molecule has 1 unspecified atom stereocenters. The lowest BCUT2D eigenvalue weighted by Gasteiger charge is -2.24. The van der Waals surface area contributed by atoms with Crippen molar-refractivity contribution in [2.75, 3.05) is 7.05 Å². The number of nitrogens with two attached hydrogens (primary N) is 1. The monoisotopic (exact) mass is 286 g/mol. The minimum atomic E-state index is -3.48. The van der Waals surface area contributed by atoms with E-state index >= 15 is 0 Å². The van der Waals surface area contributed by atoms with Gasteiger partial charge < -0.3 is 5.73 Å². The molecule has 1 atom stereocenters. The topological polar surface area (TPSA) is 63.4 Å². The summed E-state index contributed by atoms with van der Waals surface area (Å²) in [7, 11) is -1.94. The predicted octanol–water partition coefficient (Wildman–Crippen LogP) is 1.68. The van der Waals surface area contributed by atoms with Crippen LogP contribution in [0.3, 0.4) is 0 Å². The van der Waals surface area contributed by atoms with Crippen LogP contribution in [0.5, 0.6) is 0 Å². The van der Waals surface area contributed by atoms with Gasteiger partial charge in [-0.15, -0.1) is 0 Å². The van der Waals surface area contributed by atoms with Gasteiger partial charge in [0.1, 0.15) is 0 Å². The molecule has 0 fully saturated rings. The van der Waals surface area contributed by atoms with Crippen molar-refractivity contribution in [2.45, 2.75) is 31.2 Å². The zero-order chi connectivity index (χ0) is 13.9. The molecule has 0 aliphatic rings. The molecule has 0 spiro atoms. The van der Waals surface area contributed by atoms with Crippen LogP contribution in [-0.2, 0) is 10.0 Å². The maximum Gasteiger partial charge on any atom is 0.243 e. The molecule has 0 amide bonds. The summed E-state index contributed by atoms with van der Waals surface area (Å²) in [6.07, 6.45) is 0.372. The van der Waals surface area contributed by atoms with Crippen molar-refractivity contribution < 1.29 is 8.42 Å². The molecule has 0 radical (unpaired) electrons. The summed E-state index contributed by atoms with van der Waals surface area (Å²) in [5.74, 6) is 0. The fourth-order valence-electron chi connectivity index (χ4n) is 1.53. The first-order valence-corrected chi connectivity index (χ1v) is 7.43. The van der Waals surface area contributed by atoms with Gasteiger partial charge in [0.15, 0.2) is 0 Å². The lowest BCUT2D eigenvalue weighted by molar-refractivity contribution is 0.397. The first-order chi connectivity index (χ1) is 8.25. The standard InChI is InChI=1S/C12H18N2O2S2/c1-9-4-6-11(7-5-9)18(15,16)14(3)10(2)8-12(13)17/h4-7,10H,8H2,1-3H3,(H2,13,17). The van der Waals surface area contributed by atoms with Gasteiger partial charge in [-0.25, -0.2) is 8.42 Å². The molecule has 0 bridgehead atoms. The van der Waals surface area contributed by atoms with Crippen LogP contribution < -0.4 is 5.73 Å². The summed E-state index contributed by atoms with van der Waals surface area (Å²) < 4.78 is 25.9. The van der Waals surface area contributed by atoms with Crippen LogP contribution in [0.4, 0.5) is 0 Å². The van der Waals surface area contributed by atoms with E-state index < -0.39 is 10.0 Å². The third kappa shape index (κ3) is 3.51. The minimum absolute atomic E-state index is 0.256. The quantitative estimate of drug-likeness (QED) is 0.837. The van der Waals surface area contributed by atoms with Gasteiger partial charge in [-0.3, -0.25) is 0 Å². The van der Waals surface area contributed by atoms with E-state index in [0.29, 0.717) is 11.4 Å². The van der Waals surface area contributed by atoms with E-state index in [4.69, 9.17) is 18.0 Å². The van der Waals surface area contributed by atoms with E-state index in [2.05, 4.69) is 0 Å². The molecule has 18 heavy (non-hydrogen) atoms. The molecule has 0 saturated heterocycles. The number of hydrogen-bond donors (Lipinski definition) is 1. The van der Waals surface area contributed by atoms with Crippen LogP contribution in [0.1, 0.15) is 18.9 Å². The van der Waals surface area contributed by atoms with Crippen LogP contribution >= 0.6 is 12.2 Å². The highest BCUT2D eigenvalue weighted by Gasteiger charge is 2.25. The first-order valence-electron chi connectivity index (χ1n) is 5.58. The van der Waals surface area contributed by atoms with Gasteiger partial charge in [0.25, 0.3) is 0 Å². The predicted molar refractivity (Wildman–Crippen MR) is 77.0 cm³/mol. The Morgan fingerprint density at radius 2 is 1.89 bits per heavy atom. The lowest BCUT2D eigenvalue weighted by atomic mass is 10.2. The Morgan fingerprint density at radius 1 is 1.39 bits per heavy atom. The Balaban J connectivity index is 2.99. The van der Waals surface area contributed by atoms with Gasteiger partial charge in [-0.05, 0) is 26.0 Å². The van der Waals surface area contributed by atoms with Crippen molar-refractivity contribution in [1.29, 1.82) is 0 Å².